The van der Waals surface area contributed by atoms with Gasteiger partial charge in [0.25, 0.3) is 11.5 Å². The fourth-order valence-corrected chi connectivity index (χ4v) is 7.58. The van der Waals surface area contributed by atoms with Gasteiger partial charge in [-0.05, 0) is 24.3 Å². The summed E-state index contributed by atoms with van der Waals surface area (Å²) < 4.78 is 1.47. The topological polar surface area (TPSA) is 103 Å². The number of nitrogens with zero attached hydrogens (tertiary/aromatic N) is 4. The van der Waals surface area contributed by atoms with Crippen LogP contribution in [0.5, 0.6) is 0 Å². The first-order valence-electron chi connectivity index (χ1n) is 16.7. The zero-order chi connectivity index (χ0) is 32.4. The Morgan fingerprint density at radius 1 is 0.933 bits per heavy atom. The molecule has 3 amide bonds. The molecule has 1 aromatic carbocycles. The van der Waals surface area contributed by atoms with E-state index >= 15 is 0 Å². The number of likely N-dealkylation sites (tertiary alicyclic amines) is 1. The van der Waals surface area contributed by atoms with Crippen LogP contribution in [0.15, 0.2) is 47.4 Å². The number of carbonyl (C=O) groups is 3. The highest BCUT2D eigenvalue weighted by atomic mass is 16.3. The van der Waals surface area contributed by atoms with Crippen molar-refractivity contribution >= 4 is 17.7 Å². The fraction of sp³-hybridized carbons (Fsp3) is 0.611. The molecule has 45 heavy (non-hydrogen) atoms. The van der Waals surface area contributed by atoms with Crippen LogP contribution in [-0.2, 0) is 16.1 Å². The summed E-state index contributed by atoms with van der Waals surface area (Å²) in [5.74, 6) is 0.507. The maximum absolute atomic E-state index is 14.0. The molecule has 1 aliphatic carbocycles. The number of pyridine rings is 1. The fourth-order valence-electron chi connectivity index (χ4n) is 7.58. The minimum absolute atomic E-state index is 0.0112. The first-order valence-corrected chi connectivity index (χ1v) is 16.7. The summed E-state index contributed by atoms with van der Waals surface area (Å²) in [6, 6.07) is 10.9. The van der Waals surface area contributed by atoms with Gasteiger partial charge in [0.1, 0.15) is 0 Å². The monoisotopic (exact) mass is 618 g/mol. The quantitative estimate of drug-likeness (QED) is 0.495. The van der Waals surface area contributed by atoms with Crippen LogP contribution in [0, 0.1) is 17.3 Å². The van der Waals surface area contributed by atoms with E-state index in [0.29, 0.717) is 62.7 Å². The second kappa shape index (κ2) is 13.5. The van der Waals surface area contributed by atoms with Crippen LogP contribution in [0.1, 0.15) is 83.0 Å². The maximum Gasteiger partial charge on any atom is 0.256 e. The molecule has 2 aliphatic heterocycles. The van der Waals surface area contributed by atoms with Gasteiger partial charge in [-0.3, -0.25) is 19.2 Å². The van der Waals surface area contributed by atoms with Gasteiger partial charge in [0.15, 0.2) is 0 Å². The molecule has 2 saturated heterocycles. The molecule has 9 nitrogen and oxygen atoms in total. The average Bonchev–Trinajstić information content (AvgIpc) is 3.03. The van der Waals surface area contributed by atoms with Crippen LogP contribution in [0.25, 0.3) is 11.1 Å². The van der Waals surface area contributed by atoms with Gasteiger partial charge in [-0.25, -0.2) is 0 Å². The molecule has 3 aliphatic rings. The number of aromatic nitrogens is 1. The molecule has 2 atom stereocenters. The second-order valence-electron chi connectivity index (χ2n) is 14.3. The van der Waals surface area contributed by atoms with Crippen LogP contribution >= 0.6 is 0 Å². The second-order valence-corrected chi connectivity index (χ2v) is 14.3. The van der Waals surface area contributed by atoms with Gasteiger partial charge in [0.2, 0.25) is 11.8 Å². The van der Waals surface area contributed by atoms with Gasteiger partial charge < -0.3 is 24.4 Å². The van der Waals surface area contributed by atoms with Crippen molar-refractivity contribution in [1.82, 2.24) is 19.3 Å². The summed E-state index contributed by atoms with van der Waals surface area (Å²) in [5.41, 5.74) is -0.536. The Hall–Kier alpha value is -3.46. The third-order valence-electron chi connectivity index (χ3n) is 10.7. The minimum Gasteiger partial charge on any atom is -0.387 e. The molecule has 0 radical (unpaired) electrons. The van der Waals surface area contributed by atoms with Crippen LogP contribution < -0.4 is 5.56 Å². The van der Waals surface area contributed by atoms with Crippen molar-refractivity contribution in [2.45, 2.75) is 84.8 Å². The first kappa shape index (κ1) is 32.9. The number of hydrogen-bond acceptors (Lipinski definition) is 5. The van der Waals surface area contributed by atoms with Crippen molar-refractivity contribution in [3.63, 3.8) is 0 Å². The Bertz CT molecular complexity index is 1440. The van der Waals surface area contributed by atoms with Crippen LogP contribution in [-0.4, -0.2) is 87.0 Å². The van der Waals surface area contributed by atoms with E-state index in [-0.39, 0.29) is 35.7 Å². The molecule has 0 bridgehead atoms. The Labute approximate surface area is 267 Å². The Morgan fingerprint density at radius 3 is 2.20 bits per heavy atom. The average molecular weight is 619 g/mol. The number of piperidine rings is 1. The van der Waals surface area contributed by atoms with E-state index in [2.05, 4.69) is 0 Å². The van der Waals surface area contributed by atoms with Crippen molar-refractivity contribution in [3.8, 4) is 11.1 Å². The molecule has 5 rings (SSSR count). The smallest absolute Gasteiger partial charge is 0.256 e. The van der Waals surface area contributed by atoms with E-state index in [9.17, 15) is 24.3 Å². The van der Waals surface area contributed by atoms with E-state index in [1.54, 1.807) is 16.0 Å². The number of rotatable bonds is 7. The molecular weight excluding hydrogens is 568 g/mol. The SMILES string of the molecule is CC(=O)N1CCN(C(=O)c2cn(CC3(O)CCN(C(=O)[C@H](C)CC4CCCCC4)CC3(C)C)c(=O)cc2-c2ccccc2)CC1. The number of benzene rings is 1. The van der Waals surface area contributed by atoms with Gasteiger partial charge >= 0.3 is 0 Å². The Morgan fingerprint density at radius 2 is 1.58 bits per heavy atom. The van der Waals surface area contributed by atoms with Crippen molar-refractivity contribution in [2.75, 3.05) is 39.3 Å². The normalized spacial score (nSPS) is 23.1. The Balaban J connectivity index is 1.36. The lowest BCUT2D eigenvalue weighted by Gasteiger charge is -2.51. The molecule has 1 unspecified atom stereocenters. The summed E-state index contributed by atoms with van der Waals surface area (Å²) in [7, 11) is 0. The summed E-state index contributed by atoms with van der Waals surface area (Å²) in [4.78, 5) is 58.3. The van der Waals surface area contributed by atoms with E-state index in [1.807, 2.05) is 56.0 Å². The van der Waals surface area contributed by atoms with E-state index < -0.39 is 11.0 Å². The summed E-state index contributed by atoms with van der Waals surface area (Å²) in [6.45, 7) is 10.1. The zero-order valence-electron chi connectivity index (χ0n) is 27.5. The highest BCUT2D eigenvalue weighted by molar-refractivity contribution is 6.00. The molecule has 9 heteroatoms. The molecule has 1 saturated carbocycles. The van der Waals surface area contributed by atoms with Gasteiger partial charge in [-0.1, -0.05) is 83.2 Å². The molecule has 1 N–H and O–H groups in total. The third kappa shape index (κ3) is 7.19. The highest BCUT2D eigenvalue weighted by Crippen LogP contribution is 2.41. The van der Waals surface area contributed by atoms with E-state index in [1.165, 1.54) is 49.7 Å². The van der Waals surface area contributed by atoms with E-state index in [4.69, 9.17) is 0 Å². The number of aliphatic hydroxyl groups is 1. The molecule has 0 spiro atoms. The molecular formula is C36H50N4O5. The highest BCUT2D eigenvalue weighted by Gasteiger charge is 2.49. The van der Waals surface area contributed by atoms with Gasteiger partial charge in [-0.2, -0.15) is 0 Å². The molecule has 244 valence electrons. The van der Waals surface area contributed by atoms with Crippen molar-refractivity contribution in [2.24, 2.45) is 17.3 Å². The van der Waals surface area contributed by atoms with Gasteiger partial charge in [0.05, 0.1) is 17.7 Å². The number of hydrogen-bond donors (Lipinski definition) is 1. The third-order valence-corrected chi connectivity index (χ3v) is 10.7. The first-order chi connectivity index (χ1) is 21.4. The zero-order valence-corrected chi connectivity index (χ0v) is 27.5. The Kier molecular flexibility index (Phi) is 9.87. The van der Waals surface area contributed by atoms with Crippen molar-refractivity contribution < 1.29 is 19.5 Å². The van der Waals surface area contributed by atoms with Gasteiger partial charge in [-0.15, -0.1) is 0 Å². The lowest BCUT2D eigenvalue weighted by Crippen LogP contribution is -2.61. The van der Waals surface area contributed by atoms with Crippen LogP contribution in [0.4, 0.5) is 0 Å². The van der Waals surface area contributed by atoms with Crippen LogP contribution in [0.2, 0.25) is 0 Å². The predicted octanol–water partition coefficient (Wildman–Crippen LogP) is 4.42. The van der Waals surface area contributed by atoms with Gasteiger partial charge in [0, 0.05) is 75.4 Å². The molecule has 3 heterocycles. The van der Waals surface area contributed by atoms with Crippen molar-refractivity contribution in [3.05, 3.63) is 58.5 Å². The number of amides is 3. The summed E-state index contributed by atoms with van der Waals surface area (Å²) in [6.07, 6.45) is 9.08. The lowest BCUT2D eigenvalue weighted by molar-refractivity contribution is -0.157. The van der Waals surface area contributed by atoms with Crippen molar-refractivity contribution in [1.29, 1.82) is 0 Å². The predicted molar refractivity (Wildman–Crippen MR) is 175 cm³/mol. The number of carbonyl (C=O) groups excluding carboxylic acids is 3. The summed E-state index contributed by atoms with van der Waals surface area (Å²) in [5, 5.41) is 12.1. The summed E-state index contributed by atoms with van der Waals surface area (Å²) >= 11 is 0. The van der Waals surface area contributed by atoms with E-state index in [0.717, 1.165) is 12.0 Å². The largest absolute Gasteiger partial charge is 0.387 e. The van der Waals surface area contributed by atoms with Crippen LogP contribution in [0.3, 0.4) is 0 Å². The number of piperazine rings is 1. The minimum atomic E-state index is -1.26. The lowest BCUT2D eigenvalue weighted by atomic mass is 9.69. The maximum atomic E-state index is 14.0. The standard InChI is InChI=1S/C36H50N4O5/c1-26(21-28-11-7-5-8-12-28)33(43)39-16-15-36(45,35(3,4)24-39)25-40-23-31(30(22-32(40)42)29-13-9-6-10-14-29)34(44)38-19-17-37(18-20-38)27(2)41/h6,9-10,13-14,22-23,26,28,45H,5,7-8,11-12,15-21,24-25H2,1-4H3/t26-,36?/m1/s1. The molecule has 2 aromatic rings. The molecule has 3 fully saturated rings. The molecule has 1 aromatic heterocycles.